The highest BCUT2D eigenvalue weighted by molar-refractivity contribution is 5.43. The topological polar surface area (TPSA) is 43.6 Å². The predicted molar refractivity (Wildman–Crippen MR) is 102 cm³/mol. The van der Waals surface area contributed by atoms with E-state index in [2.05, 4.69) is 30.4 Å². The van der Waals surface area contributed by atoms with Crippen LogP contribution in [0.25, 0.3) is 0 Å². The van der Waals surface area contributed by atoms with Gasteiger partial charge >= 0.3 is 0 Å². The summed E-state index contributed by atoms with van der Waals surface area (Å²) in [6.07, 6.45) is 1.69. The van der Waals surface area contributed by atoms with E-state index in [1.54, 1.807) is 6.26 Å². The van der Waals surface area contributed by atoms with Crippen LogP contribution in [0.5, 0.6) is 11.5 Å². The molecule has 3 rings (SSSR count). The molecule has 4 heteroatoms. The molecule has 0 spiro atoms. The van der Waals surface area contributed by atoms with Gasteiger partial charge in [0.05, 0.1) is 19.4 Å². The standard InChI is InChI=1S/C22H25NO3/c1-3-24-22-13-18(14-23-15-20-9-6-12-25-20)10-11-21(22)26-16-19-8-5-4-7-17(19)2/h4-13,23H,3,14-16H2,1-2H3. The van der Waals surface area contributed by atoms with Crippen molar-refractivity contribution in [2.75, 3.05) is 6.61 Å². The molecule has 1 heterocycles. The minimum atomic E-state index is 0.531. The van der Waals surface area contributed by atoms with E-state index < -0.39 is 0 Å². The largest absolute Gasteiger partial charge is 0.490 e. The molecule has 0 saturated carbocycles. The summed E-state index contributed by atoms with van der Waals surface area (Å²) in [7, 11) is 0. The second kappa shape index (κ2) is 9.11. The maximum Gasteiger partial charge on any atom is 0.161 e. The van der Waals surface area contributed by atoms with Gasteiger partial charge in [-0.15, -0.1) is 0 Å². The molecule has 0 radical (unpaired) electrons. The van der Waals surface area contributed by atoms with Crippen LogP contribution in [0, 0.1) is 6.92 Å². The third-order valence-electron chi connectivity index (χ3n) is 4.16. The van der Waals surface area contributed by atoms with E-state index in [1.807, 2.05) is 43.3 Å². The van der Waals surface area contributed by atoms with Gasteiger partial charge in [0.2, 0.25) is 0 Å². The number of aryl methyl sites for hydroxylation is 1. The van der Waals surface area contributed by atoms with E-state index in [-0.39, 0.29) is 0 Å². The van der Waals surface area contributed by atoms with Crippen LogP contribution in [0.4, 0.5) is 0 Å². The van der Waals surface area contributed by atoms with Crippen LogP contribution in [0.3, 0.4) is 0 Å². The Morgan fingerprint density at radius 2 is 1.81 bits per heavy atom. The Bertz CT molecular complexity index is 812. The highest BCUT2D eigenvalue weighted by Crippen LogP contribution is 2.29. The molecular weight excluding hydrogens is 326 g/mol. The third-order valence-corrected chi connectivity index (χ3v) is 4.16. The molecule has 0 aliphatic carbocycles. The van der Waals surface area contributed by atoms with Crippen LogP contribution in [-0.4, -0.2) is 6.61 Å². The Morgan fingerprint density at radius 1 is 0.923 bits per heavy atom. The lowest BCUT2D eigenvalue weighted by Gasteiger charge is -2.14. The van der Waals surface area contributed by atoms with Gasteiger partial charge in [0.15, 0.2) is 11.5 Å². The molecule has 0 unspecified atom stereocenters. The van der Waals surface area contributed by atoms with Gasteiger partial charge in [-0.05, 0) is 54.8 Å². The van der Waals surface area contributed by atoms with E-state index in [4.69, 9.17) is 13.9 Å². The fourth-order valence-corrected chi connectivity index (χ4v) is 2.72. The highest BCUT2D eigenvalue weighted by Gasteiger charge is 2.08. The minimum Gasteiger partial charge on any atom is -0.490 e. The molecule has 0 atom stereocenters. The van der Waals surface area contributed by atoms with Crippen LogP contribution in [0.15, 0.2) is 65.3 Å². The summed E-state index contributed by atoms with van der Waals surface area (Å²) in [5.74, 6) is 2.47. The number of rotatable bonds is 9. The smallest absolute Gasteiger partial charge is 0.161 e. The zero-order valence-corrected chi connectivity index (χ0v) is 15.3. The molecule has 0 aliphatic heterocycles. The van der Waals surface area contributed by atoms with Crippen molar-refractivity contribution in [2.45, 2.75) is 33.5 Å². The first-order chi connectivity index (χ1) is 12.8. The summed E-state index contributed by atoms with van der Waals surface area (Å²) < 4.78 is 17.1. The summed E-state index contributed by atoms with van der Waals surface area (Å²) in [4.78, 5) is 0. The first-order valence-electron chi connectivity index (χ1n) is 8.92. The van der Waals surface area contributed by atoms with Crippen molar-refractivity contribution in [3.05, 3.63) is 83.3 Å². The van der Waals surface area contributed by atoms with E-state index >= 15 is 0 Å². The molecule has 0 amide bonds. The zero-order valence-electron chi connectivity index (χ0n) is 15.3. The molecule has 1 N–H and O–H groups in total. The monoisotopic (exact) mass is 351 g/mol. The van der Waals surface area contributed by atoms with Crippen LogP contribution in [-0.2, 0) is 19.7 Å². The predicted octanol–water partition coefficient (Wildman–Crippen LogP) is 4.86. The van der Waals surface area contributed by atoms with Crippen molar-refractivity contribution >= 4 is 0 Å². The average Bonchev–Trinajstić information content (AvgIpc) is 3.16. The van der Waals surface area contributed by atoms with E-state index in [9.17, 15) is 0 Å². The molecule has 1 aromatic heterocycles. The molecule has 0 fully saturated rings. The number of nitrogens with one attached hydrogen (secondary N) is 1. The molecule has 2 aromatic carbocycles. The van der Waals surface area contributed by atoms with Gasteiger partial charge in [-0.1, -0.05) is 30.3 Å². The minimum absolute atomic E-state index is 0.531. The van der Waals surface area contributed by atoms with Crippen LogP contribution >= 0.6 is 0 Å². The molecular formula is C22H25NO3. The van der Waals surface area contributed by atoms with E-state index in [0.717, 1.165) is 29.4 Å². The first kappa shape index (κ1) is 18.1. The number of hydrogen-bond acceptors (Lipinski definition) is 4. The van der Waals surface area contributed by atoms with Gasteiger partial charge in [-0.2, -0.15) is 0 Å². The lowest BCUT2D eigenvalue weighted by molar-refractivity contribution is 0.268. The molecule has 0 aliphatic rings. The fourth-order valence-electron chi connectivity index (χ4n) is 2.72. The molecule has 136 valence electrons. The SMILES string of the molecule is CCOc1cc(CNCc2ccco2)ccc1OCc1ccccc1C. The first-order valence-corrected chi connectivity index (χ1v) is 8.92. The quantitative estimate of drug-likeness (QED) is 0.598. The van der Waals surface area contributed by atoms with Crippen molar-refractivity contribution in [3.63, 3.8) is 0 Å². The maximum absolute atomic E-state index is 6.01. The van der Waals surface area contributed by atoms with Gasteiger partial charge < -0.3 is 19.2 Å². The van der Waals surface area contributed by atoms with Gasteiger partial charge in [-0.3, -0.25) is 0 Å². The zero-order chi connectivity index (χ0) is 18.2. The van der Waals surface area contributed by atoms with Gasteiger partial charge in [-0.25, -0.2) is 0 Å². The van der Waals surface area contributed by atoms with Crippen LogP contribution in [0.2, 0.25) is 0 Å². The summed E-state index contributed by atoms with van der Waals surface area (Å²) in [6.45, 7) is 6.64. The van der Waals surface area contributed by atoms with E-state index in [1.165, 1.54) is 11.1 Å². The molecule has 4 nitrogen and oxygen atoms in total. The third kappa shape index (κ3) is 4.90. The summed E-state index contributed by atoms with van der Waals surface area (Å²) in [5, 5.41) is 3.37. The highest BCUT2D eigenvalue weighted by atomic mass is 16.5. The van der Waals surface area contributed by atoms with Crippen molar-refractivity contribution in [2.24, 2.45) is 0 Å². The number of benzene rings is 2. The number of furan rings is 1. The summed E-state index contributed by atoms with van der Waals surface area (Å²) in [5.41, 5.74) is 3.55. The maximum atomic E-state index is 6.01. The molecule has 26 heavy (non-hydrogen) atoms. The van der Waals surface area contributed by atoms with Crippen molar-refractivity contribution in [1.82, 2.24) is 5.32 Å². The second-order valence-corrected chi connectivity index (χ2v) is 6.11. The van der Waals surface area contributed by atoms with E-state index in [0.29, 0.717) is 19.8 Å². The Balaban J connectivity index is 1.63. The Morgan fingerprint density at radius 3 is 2.58 bits per heavy atom. The van der Waals surface area contributed by atoms with Crippen molar-refractivity contribution in [3.8, 4) is 11.5 Å². The van der Waals surface area contributed by atoms with Gasteiger partial charge in [0.25, 0.3) is 0 Å². The van der Waals surface area contributed by atoms with Gasteiger partial charge in [0, 0.05) is 6.54 Å². The molecule has 0 saturated heterocycles. The Kier molecular flexibility index (Phi) is 6.34. The second-order valence-electron chi connectivity index (χ2n) is 6.11. The number of ether oxygens (including phenoxy) is 2. The average molecular weight is 351 g/mol. The fraction of sp³-hybridized carbons (Fsp3) is 0.273. The van der Waals surface area contributed by atoms with Gasteiger partial charge in [0.1, 0.15) is 12.4 Å². The van der Waals surface area contributed by atoms with Crippen molar-refractivity contribution < 1.29 is 13.9 Å². The summed E-state index contributed by atoms with van der Waals surface area (Å²) in [6, 6.07) is 18.2. The van der Waals surface area contributed by atoms with Crippen molar-refractivity contribution in [1.29, 1.82) is 0 Å². The Hall–Kier alpha value is -2.72. The lowest BCUT2D eigenvalue weighted by Crippen LogP contribution is -2.12. The number of hydrogen-bond donors (Lipinski definition) is 1. The normalized spacial score (nSPS) is 10.7. The summed E-state index contributed by atoms with van der Waals surface area (Å²) >= 11 is 0. The lowest BCUT2D eigenvalue weighted by atomic mass is 10.1. The van der Waals surface area contributed by atoms with Crippen LogP contribution < -0.4 is 14.8 Å². The molecule has 3 aromatic rings. The Labute approximate surface area is 154 Å². The molecule has 0 bridgehead atoms. The van der Waals surface area contributed by atoms with Crippen LogP contribution in [0.1, 0.15) is 29.4 Å².